The Morgan fingerprint density at radius 3 is 2.90 bits per heavy atom. The van der Waals surface area contributed by atoms with E-state index in [1.165, 1.54) is 23.4 Å². The number of hydrogen-bond donors (Lipinski definition) is 3. The number of pyridine rings is 1. The summed E-state index contributed by atoms with van der Waals surface area (Å²) >= 11 is 0. The van der Waals surface area contributed by atoms with E-state index >= 15 is 0 Å². The largest absolute Gasteiger partial charge is 0.507 e. The third kappa shape index (κ3) is 2.62. The average Bonchev–Trinajstić information content (AvgIpc) is 2.47. The summed E-state index contributed by atoms with van der Waals surface area (Å²) in [6, 6.07) is 7.89. The first-order valence-corrected chi connectivity index (χ1v) is 7.07. The van der Waals surface area contributed by atoms with Crippen molar-refractivity contribution in [2.75, 3.05) is 7.05 Å². The second-order valence-corrected chi connectivity index (χ2v) is 5.30. The zero-order valence-electron chi connectivity index (χ0n) is 11.9. The molecule has 4 heteroatoms. The Balaban J connectivity index is 2.03. The van der Waals surface area contributed by atoms with Crippen LogP contribution < -0.4 is 10.9 Å². The molecule has 0 atom stereocenters. The number of benzene rings is 1. The molecule has 0 saturated heterocycles. The predicted molar refractivity (Wildman–Crippen MR) is 84.1 cm³/mol. The number of aromatic nitrogens is 1. The number of allylic oxidation sites excluding steroid dienone is 1. The van der Waals surface area contributed by atoms with Gasteiger partial charge >= 0.3 is 0 Å². The Morgan fingerprint density at radius 1 is 1.29 bits per heavy atom. The lowest BCUT2D eigenvalue weighted by Gasteiger charge is -2.18. The highest BCUT2D eigenvalue weighted by atomic mass is 16.3. The van der Waals surface area contributed by atoms with E-state index in [9.17, 15) is 9.90 Å². The lowest BCUT2D eigenvalue weighted by atomic mass is 9.88. The summed E-state index contributed by atoms with van der Waals surface area (Å²) in [5.74, 6) is 0.0419. The van der Waals surface area contributed by atoms with Crippen molar-refractivity contribution in [3.05, 3.63) is 63.1 Å². The minimum Gasteiger partial charge on any atom is -0.507 e. The lowest BCUT2D eigenvalue weighted by Crippen LogP contribution is -2.13. The SMILES string of the molecule is CNCc1ccc2c(c1)CCC(c1c(O)cc[nH]c1=O)=C2. The quantitative estimate of drug-likeness (QED) is 0.809. The van der Waals surface area contributed by atoms with Gasteiger partial charge in [-0.1, -0.05) is 24.3 Å². The van der Waals surface area contributed by atoms with E-state index in [-0.39, 0.29) is 11.3 Å². The molecule has 4 nitrogen and oxygen atoms in total. The van der Waals surface area contributed by atoms with E-state index in [1.54, 1.807) is 0 Å². The fourth-order valence-electron chi connectivity index (χ4n) is 2.84. The fraction of sp³-hybridized carbons (Fsp3) is 0.235. The molecular formula is C17H18N2O2. The molecule has 1 aromatic heterocycles. The molecule has 3 rings (SSSR count). The second-order valence-electron chi connectivity index (χ2n) is 5.30. The van der Waals surface area contributed by atoms with Gasteiger partial charge < -0.3 is 15.4 Å². The number of rotatable bonds is 3. The zero-order chi connectivity index (χ0) is 14.8. The standard InChI is InChI=1S/C17H18N2O2/c1-18-10-11-2-3-13-9-14(5-4-12(13)8-11)16-15(20)6-7-19-17(16)21/h2-3,6-9,18H,4-5,10H2,1H3,(H2,19,20,21). The van der Waals surface area contributed by atoms with Crippen LogP contribution in [-0.4, -0.2) is 17.1 Å². The summed E-state index contributed by atoms with van der Waals surface area (Å²) < 4.78 is 0. The molecule has 1 aromatic carbocycles. The molecule has 0 unspecified atom stereocenters. The molecule has 0 saturated carbocycles. The third-order valence-electron chi connectivity index (χ3n) is 3.84. The van der Waals surface area contributed by atoms with Crippen LogP contribution >= 0.6 is 0 Å². The van der Waals surface area contributed by atoms with Crippen LogP contribution in [0.5, 0.6) is 5.75 Å². The maximum Gasteiger partial charge on any atom is 0.259 e. The van der Waals surface area contributed by atoms with Crippen molar-refractivity contribution in [1.29, 1.82) is 0 Å². The summed E-state index contributed by atoms with van der Waals surface area (Å²) in [5.41, 5.74) is 4.72. The van der Waals surface area contributed by atoms with Crippen LogP contribution in [0, 0.1) is 0 Å². The average molecular weight is 282 g/mol. The first kappa shape index (κ1) is 13.6. The Morgan fingerprint density at radius 2 is 2.14 bits per heavy atom. The molecule has 0 radical (unpaired) electrons. The second kappa shape index (κ2) is 5.58. The fourth-order valence-corrected chi connectivity index (χ4v) is 2.84. The van der Waals surface area contributed by atoms with Crippen LogP contribution in [0.1, 0.15) is 28.7 Å². The van der Waals surface area contributed by atoms with E-state index in [1.807, 2.05) is 13.1 Å². The zero-order valence-corrected chi connectivity index (χ0v) is 11.9. The minimum atomic E-state index is -0.239. The highest BCUT2D eigenvalue weighted by Gasteiger charge is 2.17. The first-order chi connectivity index (χ1) is 10.2. The molecule has 21 heavy (non-hydrogen) atoms. The third-order valence-corrected chi connectivity index (χ3v) is 3.84. The molecule has 0 amide bonds. The first-order valence-electron chi connectivity index (χ1n) is 7.07. The van der Waals surface area contributed by atoms with Gasteiger partial charge in [-0.15, -0.1) is 0 Å². The number of aromatic amines is 1. The van der Waals surface area contributed by atoms with Gasteiger partial charge in [-0.05, 0) is 48.2 Å². The molecule has 1 heterocycles. The van der Waals surface area contributed by atoms with Gasteiger partial charge in [-0.3, -0.25) is 4.79 Å². The number of fused-ring (bicyclic) bond motifs is 1. The number of nitrogens with one attached hydrogen (secondary N) is 2. The van der Waals surface area contributed by atoms with Crippen molar-refractivity contribution in [3.8, 4) is 5.75 Å². The van der Waals surface area contributed by atoms with Crippen LogP contribution in [0.25, 0.3) is 11.6 Å². The van der Waals surface area contributed by atoms with E-state index in [0.717, 1.165) is 30.5 Å². The van der Waals surface area contributed by atoms with Crippen LogP contribution in [-0.2, 0) is 13.0 Å². The number of H-pyrrole nitrogens is 1. The smallest absolute Gasteiger partial charge is 0.259 e. The van der Waals surface area contributed by atoms with Crippen LogP contribution in [0.3, 0.4) is 0 Å². The van der Waals surface area contributed by atoms with Gasteiger partial charge in [0.15, 0.2) is 0 Å². The molecule has 0 fully saturated rings. The van der Waals surface area contributed by atoms with Crippen molar-refractivity contribution in [1.82, 2.24) is 10.3 Å². The Bertz CT molecular complexity index is 760. The number of aromatic hydroxyl groups is 1. The van der Waals surface area contributed by atoms with Gasteiger partial charge in [-0.2, -0.15) is 0 Å². The van der Waals surface area contributed by atoms with Crippen molar-refractivity contribution in [3.63, 3.8) is 0 Å². The molecule has 3 N–H and O–H groups in total. The monoisotopic (exact) mass is 282 g/mol. The molecule has 1 aliphatic rings. The summed E-state index contributed by atoms with van der Waals surface area (Å²) in [4.78, 5) is 14.5. The topological polar surface area (TPSA) is 65.1 Å². The van der Waals surface area contributed by atoms with Gasteiger partial charge in [0.25, 0.3) is 5.56 Å². The van der Waals surface area contributed by atoms with E-state index < -0.39 is 0 Å². The van der Waals surface area contributed by atoms with Gasteiger partial charge in [0.1, 0.15) is 5.75 Å². The van der Waals surface area contributed by atoms with E-state index in [0.29, 0.717) is 5.56 Å². The van der Waals surface area contributed by atoms with Crippen LogP contribution in [0.2, 0.25) is 0 Å². The Labute approximate surface area is 123 Å². The maximum absolute atomic E-state index is 11.9. The van der Waals surface area contributed by atoms with Crippen LogP contribution in [0.15, 0.2) is 35.3 Å². The van der Waals surface area contributed by atoms with Gasteiger partial charge in [0.2, 0.25) is 0 Å². The highest BCUT2D eigenvalue weighted by molar-refractivity contribution is 5.86. The summed E-state index contributed by atoms with van der Waals surface area (Å²) in [6.07, 6.45) is 5.11. The molecule has 0 bridgehead atoms. The number of aryl methyl sites for hydroxylation is 1. The van der Waals surface area contributed by atoms with Crippen molar-refractivity contribution >= 4 is 11.6 Å². The maximum atomic E-state index is 11.9. The minimum absolute atomic E-state index is 0.0419. The van der Waals surface area contributed by atoms with Crippen molar-refractivity contribution in [2.24, 2.45) is 0 Å². The lowest BCUT2D eigenvalue weighted by molar-refractivity contribution is 0.471. The summed E-state index contributed by atoms with van der Waals surface area (Å²) in [5, 5.41) is 13.1. The van der Waals surface area contributed by atoms with Crippen molar-refractivity contribution < 1.29 is 5.11 Å². The normalized spacial score (nSPS) is 13.7. The van der Waals surface area contributed by atoms with Crippen LogP contribution in [0.4, 0.5) is 0 Å². The molecule has 1 aliphatic carbocycles. The molecule has 0 spiro atoms. The van der Waals surface area contributed by atoms with E-state index in [4.69, 9.17) is 0 Å². The van der Waals surface area contributed by atoms with Crippen molar-refractivity contribution in [2.45, 2.75) is 19.4 Å². The predicted octanol–water partition coefficient (Wildman–Crippen LogP) is 2.29. The number of hydrogen-bond acceptors (Lipinski definition) is 3. The summed E-state index contributed by atoms with van der Waals surface area (Å²) in [7, 11) is 1.93. The van der Waals surface area contributed by atoms with Gasteiger partial charge in [-0.25, -0.2) is 0 Å². The van der Waals surface area contributed by atoms with Gasteiger partial charge in [0, 0.05) is 12.7 Å². The Kier molecular flexibility index (Phi) is 3.62. The molecule has 2 aromatic rings. The Hall–Kier alpha value is -2.33. The highest BCUT2D eigenvalue weighted by Crippen LogP contribution is 2.32. The molecule has 0 aliphatic heterocycles. The van der Waals surface area contributed by atoms with E-state index in [2.05, 4.69) is 28.5 Å². The van der Waals surface area contributed by atoms with Gasteiger partial charge in [0.05, 0.1) is 5.56 Å². The molecular weight excluding hydrogens is 264 g/mol. The molecule has 108 valence electrons. The summed E-state index contributed by atoms with van der Waals surface area (Å²) in [6.45, 7) is 0.850.